The molecule has 2 aliphatic heterocycles. The number of hydrogen-bond acceptors (Lipinski definition) is 5. The highest BCUT2D eigenvalue weighted by molar-refractivity contribution is 6.07. The maximum Gasteiger partial charge on any atom is 0.269 e. The van der Waals surface area contributed by atoms with Gasteiger partial charge in [-0.2, -0.15) is 0 Å². The molecule has 5 unspecified atom stereocenters. The second-order valence-corrected chi connectivity index (χ2v) is 9.06. The van der Waals surface area contributed by atoms with Gasteiger partial charge in [0.25, 0.3) is 5.69 Å². The number of fused-ring (bicyclic) bond motifs is 5. The summed E-state index contributed by atoms with van der Waals surface area (Å²) in [4.78, 5) is 53.5. The lowest BCUT2D eigenvalue weighted by atomic mass is 9.85. The van der Waals surface area contributed by atoms with Crippen molar-refractivity contribution in [2.45, 2.75) is 38.1 Å². The number of imide groups is 1. The molecule has 2 heterocycles. The number of hydrogen-bond donors (Lipinski definition) is 0. The molecule has 2 aliphatic carbocycles. The fraction of sp³-hybridized carbons (Fsp3) is 0.522. The largest absolute Gasteiger partial charge is 0.343 e. The molecule has 5 atom stereocenters. The average molecular weight is 423 g/mol. The molecular weight excluding hydrogens is 398 g/mol. The van der Waals surface area contributed by atoms with E-state index in [9.17, 15) is 24.5 Å². The van der Waals surface area contributed by atoms with Crippen LogP contribution >= 0.6 is 0 Å². The second kappa shape index (κ2) is 7.59. The Morgan fingerprint density at radius 2 is 1.58 bits per heavy atom. The van der Waals surface area contributed by atoms with Crippen LogP contribution in [-0.4, -0.2) is 45.5 Å². The van der Waals surface area contributed by atoms with Crippen LogP contribution in [-0.2, 0) is 14.4 Å². The highest BCUT2D eigenvalue weighted by Crippen LogP contribution is 2.54. The Morgan fingerprint density at radius 3 is 2.13 bits per heavy atom. The number of non-ortho nitro benzene ring substituents is 1. The maximum atomic E-state index is 13.4. The molecule has 8 heteroatoms. The fourth-order valence-corrected chi connectivity index (χ4v) is 5.85. The summed E-state index contributed by atoms with van der Waals surface area (Å²) < 4.78 is 0. The lowest BCUT2D eigenvalue weighted by Gasteiger charge is -2.32. The number of nitrogens with zero attached hydrogens (tertiary/aromatic N) is 3. The minimum absolute atomic E-state index is 0.0114. The number of benzene rings is 1. The molecule has 31 heavy (non-hydrogen) atoms. The topological polar surface area (TPSA) is 101 Å². The molecule has 8 nitrogen and oxygen atoms in total. The van der Waals surface area contributed by atoms with E-state index in [2.05, 4.69) is 0 Å². The summed E-state index contributed by atoms with van der Waals surface area (Å²) in [6, 6.07) is 5.12. The van der Waals surface area contributed by atoms with Crippen molar-refractivity contribution in [1.29, 1.82) is 0 Å². The number of allylic oxidation sites excluding steroid dienone is 2. The molecule has 4 aliphatic rings. The summed E-state index contributed by atoms with van der Waals surface area (Å²) in [6.07, 6.45) is 7.94. The number of nitro benzene ring substituents is 1. The van der Waals surface area contributed by atoms with Crippen molar-refractivity contribution in [1.82, 2.24) is 9.80 Å². The zero-order valence-electron chi connectivity index (χ0n) is 17.2. The zero-order valence-corrected chi connectivity index (χ0v) is 17.2. The minimum atomic E-state index is -0.736. The zero-order chi connectivity index (χ0) is 21.7. The number of carbonyl (C=O) groups excluding carboxylic acids is 3. The van der Waals surface area contributed by atoms with Gasteiger partial charge in [0.05, 0.1) is 29.2 Å². The number of carbonyl (C=O) groups is 3. The molecule has 3 fully saturated rings. The van der Waals surface area contributed by atoms with E-state index in [1.807, 2.05) is 12.2 Å². The molecule has 0 radical (unpaired) electrons. The Kier molecular flexibility index (Phi) is 4.87. The summed E-state index contributed by atoms with van der Waals surface area (Å²) in [5.41, 5.74) is 0.515. The van der Waals surface area contributed by atoms with Crippen molar-refractivity contribution in [2.75, 3.05) is 13.1 Å². The lowest BCUT2D eigenvalue weighted by Crippen LogP contribution is -2.41. The minimum Gasteiger partial charge on any atom is -0.343 e. The average Bonchev–Trinajstić information content (AvgIpc) is 3.47. The molecule has 2 bridgehead atoms. The van der Waals surface area contributed by atoms with Crippen LogP contribution in [0.15, 0.2) is 36.4 Å². The van der Waals surface area contributed by atoms with Gasteiger partial charge in [0.2, 0.25) is 17.7 Å². The van der Waals surface area contributed by atoms with Gasteiger partial charge >= 0.3 is 0 Å². The first-order valence-corrected chi connectivity index (χ1v) is 11.0. The van der Waals surface area contributed by atoms with Crippen LogP contribution in [0.3, 0.4) is 0 Å². The molecule has 0 spiro atoms. The van der Waals surface area contributed by atoms with Crippen molar-refractivity contribution in [2.24, 2.45) is 23.7 Å². The number of piperidine rings is 1. The Labute approximate surface area is 180 Å². The summed E-state index contributed by atoms with van der Waals surface area (Å²) in [5.74, 6) is -0.995. The molecule has 0 N–H and O–H groups in total. The first-order chi connectivity index (χ1) is 15.0. The third-order valence-electron chi connectivity index (χ3n) is 7.38. The van der Waals surface area contributed by atoms with Crippen LogP contribution < -0.4 is 0 Å². The number of amides is 3. The van der Waals surface area contributed by atoms with Crippen LogP contribution in [0, 0.1) is 33.8 Å². The predicted octanol–water partition coefficient (Wildman–Crippen LogP) is 2.85. The lowest BCUT2D eigenvalue weighted by molar-refractivity contribution is -0.384. The monoisotopic (exact) mass is 423 g/mol. The van der Waals surface area contributed by atoms with E-state index in [1.165, 1.54) is 17.0 Å². The molecule has 0 aromatic heterocycles. The van der Waals surface area contributed by atoms with Crippen molar-refractivity contribution in [3.05, 3.63) is 52.1 Å². The first kappa shape index (κ1) is 19.9. The van der Waals surface area contributed by atoms with Gasteiger partial charge in [0.1, 0.15) is 0 Å². The third kappa shape index (κ3) is 3.25. The molecule has 1 aromatic carbocycles. The molecule has 1 aromatic rings. The van der Waals surface area contributed by atoms with Crippen molar-refractivity contribution < 1.29 is 19.3 Å². The Hall–Kier alpha value is -3.03. The van der Waals surface area contributed by atoms with Gasteiger partial charge in [-0.1, -0.05) is 24.3 Å². The standard InChI is InChI=1S/C23H25N3O5/c27-19(24-10-2-1-3-11-24)13-18(14-6-8-17(9-7-14)26(30)31)25-22(28)20-15-4-5-16(12-15)21(20)23(25)29/h4-9,15-16,18,20-21H,1-3,10-13H2. The van der Waals surface area contributed by atoms with E-state index in [0.717, 1.165) is 25.7 Å². The molecule has 5 rings (SSSR count). The van der Waals surface area contributed by atoms with E-state index in [4.69, 9.17) is 0 Å². The summed E-state index contributed by atoms with van der Waals surface area (Å²) in [6.45, 7) is 1.38. The van der Waals surface area contributed by atoms with Gasteiger partial charge in [-0.3, -0.25) is 29.4 Å². The fourth-order valence-electron chi connectivity index (χ4n) is 5.85. The second-order valence-electron chi connectivity index (χ2n) is 9.06. The Morgan fingerprint density at radius 1 is 1.00 bits per heavy atom. The van der Waals surface area contributed by atoms with Gasteiger partial charge in [0.15, 0.2) is 0 Å². The Balaban J connectivity index is 1.46. The Bertz CT molecular complexity index is 936. The molecule has 2 saturated heterocycles. The first-order valence-electron chi connectivity index (χ1n) is 11.0. The van der Waals surface area contributed by atoms with Crippen molar-refractivity contribution in [3.8, 4) is 0 Å². The van der Waals surface area contributed by atoms with Crippen LogP contribution in [0.4, 0.5) is 5.69 Å². The highest BCUT2D eigenvalue weighted by Gasteiger charge is 2.60. The number of nitro groups is 1. The summed E-state index contributed by atoms with van der Waals surface area (Å²) in [7, 11) is 0. The van der Waals surface area contributed by atoms with Crippen molar-refractivity contribution >= 4 is 23.4 Å². The molecule has 162 valence electrons. The van der Waals surface area contributed by atoms with Gasteiger partial charge in [-0.05, 0) is 43.1 Å². The normalized spacial score (nSPS) is 30.1. The summed E-state index contributed by atoms with van der Waals surface area (Å²) >= 11 is 0. The van der Waals surface area contributed by atoms with Crippen LogP contribution in [0.25, 0.3) is 0 Å². The molecule has 3 amide bonds. The number of likely N-dealkylation sites (tertiary alicyclic amines) is 2. The van der Waals surface area contributed by atoms with Gasteiger partial charge in [-0.25, -0.2) is 0 Å². The highest BCUT2D eigenvalue weighted by atomic mass is 16.6. The van der Waals surface area contributed by atoms with E-state index >= 15 is 0 Å². The quantitative estimate of drug-likeness (QED) is 0.314. The third-order valence-corrected chi connectivity index (χ3v) is 7.38. The molecular formula is C23H25N3O5. The van der Waals surface area contributed by atoms with E-state index < -0.39 is 11.0 Å². The smallest absolute Gasteiger partial charge is 0.269 e. The van der Waals surface area contributed by atoms with Crippen LogP contribution in [0.2, 0.25) is 0 Å². The van der Waals surface area contributed by atoms with Crippen molar-refractivity contribution in [3.63, 3.8) is 0 Å². The molecule has 1 saturated carbocycles. The predicted molar refractivity (Wildman–Crippen MR) is 110 cm³/mol. The SMILES string of the molecule is O=C(CC(c1ccc([N+](=O)[O-])cc1)N1C(=O)C2C3C=CC(C3)C2C1=O)N1CCCCC1. The maximum absolute atomic E-state index is 13.4. The van der Waals surface area contributed by atoms with Gasteiger partial charge in [0, 0.05) is 25.2 Å². The van der Waals surface area contributed by atoms with E-state index in [-0.39, 0.29) is 53.5 Å². The van der Waals surface area contributed by atoms with Gasteiger partial charge in [-0.15, -0.1) is 0 Å². The van der Waals surface area contributed by atoms with E-state index in [1.54, 1.807) is 17.0 Å². The number of rotatable bonds is 5. The van der Waals surface area contributed by atoms with E-state index in [0.29, 0.717) is 18.7 Å². The van der Waals surface area contributed by atoms with Crippen LogP contribution in [0.1, 0.15) is 43.7 Å². The van der Waals surface area contributed by atoms with Gasteiger partial charge < -0.3 is 4.90 Å². The summed E-state index contributed by atoms with van der Waals surface area (Å²) in [5, 5.41) is 11.1. The van der Waals surface area contributed by atoms with Crippen LogP contribution in [0.5, 0.6) is 0 Å².